The van der Waals surface area contributed by atoms with Crippen molar-refractivity contribution in [2.24, 2.45) is 0 Å². The van der Waals surface area contributed by atoms with E-state index in [1.807, 2.05) is 50.1 Å². The molecule has 0 spiro atoms. The number of aliphatic hydroxyl groups is 1. The Kier molecular flexibility index (Phi) is 6.23. The van der Waals surface area contributed by atoms with E-state index in [0.717, 1.165) is 25.2 Å². The lowest BCUT2D eigenvalue weighted by atomic mass is 10.0. The number of benzene rings is 1. The molecule has 3 N–H and O–H groups in total. The van der Waals surface area contributed by atoms with E-state index in [1.165, 1.54) is 11.1 Å². The molecule has 0 amide bonds. The Balaban J connectivity index is 1.60. The highest BCUT2D eigenvalue weighted by Gasteiger charge is 2.21. The number of fused-ring (bicyclic) bond motifs is 2. The lowest BCUT2D eigenvalue weighted by Gasteiger charge is -2.19. The zero-order valence-corrected chi connectivity index (χ0v) is 20.2. The van der Waals surface area contributed by atoms with Gasteiger partial charge in [0.2, 0.25) is 5.95 Å². The molecule has 1 aliphatic rings. The molecular weight excluding hydrogens is 444 g/mol. The molecule has 35 heavy (non-hydrogen) atoms. The Bertz CT molecular complexity index is 1430. The fraction of sp³-hybridized carbons (Fsp3) is 0.360. The van der Waals surface area contributed by atoms with Crippen LogP contribution in [0.4, 0.5) is 17.5 Å². The van der Waals surface area contributed by atoms with Gasteiger partial charge in [-0.2, -0.15) is 4.98 Å². The van der Waals surface area contributed by atoms with Crippen LogP contribution in [-0.2, 0) is 13.0 Å². The van der Waals surface area contributed by atoms with Crippen molar-refractivity contribution in [3.63, 3.8) is 0 Å². The molecule has 0 bridgehead atoms. The molecule has 3 aromatic heterocycles. The minimum atomic E-state index is -0.168. The molecule has 1 aromatic carbocycles. The number of nitrogens with one attached hydrogen (secondary N) is 2. The first-order valence-electron chi connectivity index (χ1n) is 11.9. The number of pyridine rings is 1. The van der Waals surface area contributed by atoms with Crippen molar-refractivity contribution >= 4 is 28.5 Å². The van der Waals surface area contributed by atoms with Gasteiger partial charge < -0.3 is 20.6 Å². The van der Waals surface area contributed by atoms with Gasteiger partial charge in [-0.15, -0.1) is 0 Å². The summed E-state index contributed by atoms with van der Waals surface area (Å²) in [7, 11) is 1.87. The minimum Gasteiger partial charge on any atom is -0.395 e. The Hall–Kier alpha value is -3.76. The van der Waals surface area contributed by atoms with Gasteiger partial charge in [0.25, 0.3) is 5.56 Å². The molecule has 5 rings (SSSR count). The van der Waals surface area contributed by atoms with Gasteiger partial charge in [-0.3, -0.25) is 4.79 Å². The maximum Gasteiger partial charge on any atom is 0.278 e. The molecule has 0 fully saturated rings. The van der Waals surface area contributed by atoms with Gasteiger partial charge in [0.15, 0.2) is 11.5 Å². The van der Waals surface area contributed by atoms with E-state index in [9.17, 15) is 9.90 Å². The molecule has 0 saturated heterocycles. The summed E-state index contributed by atoms with van der Waals surface area (Å²) in [5.41, 5.74) is 3.84. The first-order chi connectivity index (χ1) is 17.0. The van der Waals surface area contributed by atoms with Crippen molar-refractivity contribution < 1.29 is 5.11 Å². The predicted octanol–water partition coefficient (Wildman–Crippen LogP) is 2.38. The summed E-state index contributed by atoms with van der Waals surface area (Å²) in [4.78, 5) is 29.1. The Morgan fingerprint density at radius 3 is 2.86 bits per heavy atom. The molecule has 0 atom stereocenters. The van der Waals surface area contributed by atoms with E-state index in [-0.39, 0.29) is 18.2 Å². The summed E-state index contributed by atoms with van der Waals surface area (Å²) in [6.07, 6.45) is 2.56. The van der Waals surface area contributed by atoms with E-state index in [1.54, 1.807) is 15.6 Å². The number of nitrogens with zero attached hydrogens (tertiary/aromatic N) is 6. The van der Waals surface area contributed by atoms with Crippen molar-refractivity contribution in [1.82, 2.24) is 29.6 Å². The number of anilines is 3. The first kappa shape index (κ1) is 23.0. The average molecular weight is 475 g/mol. The average Bonchev–Trinajstić information content (AvgIpc) is 3.16. The molecule has 10 heteroatoms. The monoisotopic (exact) mass is 474 g/mol. The topological polar surface area (TPSA) is 113 Å². The molecule has 0 aliphatic carbocycles. The fourth-order valence-corrected chi connectivity index (χ4v) is 4.44. The van der Waals surface area contributed by atoms with Crippen molar-refractivity contribution in [3.8, 4) is 5.82 Å². The van der Waals surface area contributed by atoms with Crippen LogP contribution < -0.4 is 21.1 Å². The molecule has 0 unspecified atom stereocenters. The predicted molar refractivity (Wildman–Crippen MR) is 137 cm³/mol. The van der Waals surface area contributed by atoms with E-state index >= 15 is 0 Å². The van der Waals surface area contributed by atoms with Gasteiger partial charge in [-0.05, 0) is 62.2 Å². The first-order valence-corrected chi connectivity index (χ1v) is 11.9. The third-order valence-corrected chi connectivity index (χ3v) is 6.22. The van der Waals surface area contributed by atoms with Gasteiger partial charge >= 0.3 is 0 Å². The quantitative estimate of drug-likeness (QED) is 0.374. The minimum absolute atomic E-state index is 0.0209. The van der Waals surface area contributed by atoms with Crippen LogP contribution in [0.2, 0.25) is 0 Å². The van der Waals surface area contributed by atoms with Crippen LogP contribution in [-0.4, -0.2) is 56.2 Å². The van der Waals surface area contributed by atoms with Crippen molar-refractivity contribution in [2.45, 2.75) is 32.9 Å². The maximum atomic E-state index is 13.3. The summed E-state index contributed by atoms with van der Waals surface area (Å²) >= 11 is 0. The van der Waals surface area contributed by atoms with Gasteiger partial charge in [-0.25, -0.2) is 19.3 Å². The second-order valence-electron chi connectivity index (χ2n) is 9.02. The number of likely N-dealkylation sites (N-methyl/N-ethyl adjacent to an activating group) is 1. The highest BCUT2D eigenvalue weighted by molar-refractivity contribution is 5.77. The van der Waals surface area contributed by atoms with Crippen molar-refractivity contribution in [1.29, 1.82) is 0 Å². The maximum absolute atomic E-state index is 13.3. The number of hydrogen-bond donors (Lipinski definition) is 3. The van der Waals surface area contributed by atoms with Crippen molar-refractivity contribution in [2.75, 3.05) is 37.0 Å². The van der Waals surface area contributed by atoms with Crippen LogP contribution in [0, 0.1) is 0 Å². The highest BCUT2D eigenvalue weighted by Crippen LogP contribution is 2.23. The van der Waals surface area contributed by atoms with Crippen LogP contribution in [0.1, 0.15) is 31.0 Å². The largest absolute Gasteiger partial charge is 0.395 e. The second-order valence-corrected chi connectivity index (χ2v) is 9.02. The van der Waals surface area contributed by atoms with Crippen LogP contribution >= 0.6 is 0 Å². The van der Waals surface area contributed by atoms with E-state index < -0.39 is 0 Å². The summed E-state index contributed by atoms with van der Waals surface area (Å²) in [5, 5.41) is 16.4. The molecular formula is C25H30N8O2. The normalized spacial score (nSPS) is 13.3. The third kappa shape index (κ3) is 4.38. The molecule has 10 nitrogen and oxygen atoms in total. The van der Waals surface area contributed by atoms with Gasteiger partial charge in [0, 0.05) is 38.1 Å². The molecule has 0 saturated carbocycles. The number of rotatable bonds is 7. The number of aliphatic hydroxyl groups excluding tert-OH is 1. The Morgan fingerprint density at radius 2 is 2.06 bits per heavy atom. The molecule has 4 aromatic rings. The highest BCUT2D eigenvalue weighted by atomic mass is 16.3. The zero-order chi connectivity index (χ0) is 24.5. The number of hydrogen-bond acceptors (Lipinski definition) is 8. The van der Waals surface area contributed by atoms with Gasteiger partial charge in [0.1, 0.15) is 11.2 Å². The summed E-state index contributed by atoms with van der Waals surface area (Å²) < 4.78 is 3.40. The smallest absolute Gasteiger partial charge is 0.278 e. The van der Waals surface area contributed by atoms with E-state index in [2.05, 4.69) is 27.8 Å². The van der Waals surface area contributed by atoms with Gasteiger partial charge in [-0.1, -0.05) is 12.1 Å². The van der Waals surface area contributed by atoms with Crippen LogP contribution in [0.25, 0.3) is 16.9 Å². The summed E-state index contributed by atoms with van der Waals surface area (Å²) in [6.45, 7) is 6.22. The van der Waals surface area contributed by atoms with E-state index in [4.69, 9.17) is 9.97 Å². The SMILES string of the molecule is CC(C)n1c(=O)c2cnc(Nc3ccc4c(c3)CCNC4)nc2n1-c1cccc(N(C)CCO)n1. The fourth-order valence-electron chi connectivity index (χ4n) is 4.44. The summed E-state index contributed by atoms with van der Waals surface area (Å²) in [6, 6.07) is 11.8. The molecule has 4 heterocycles. The van der Waals surface area contributed by atoms with Gasteiger partial charge in [0.05, 0.1) is 6.61 Å². The van der Waals surface area contributed by atoms with E-state index in [0.29, 0.717) is 35.2 Å². The number of aromatic nitrogens is 5. The van der Waals surface area contributed by atoms with Crippen LogP contribution in [0.5, 0.6) is 0 Å². The van der Waals surface area contributed by atoms with Crippen LogP contribution in [0.15, 0.2) is 47.4 Å². The Morgan fingerprint density at radius 1 is 1.20 bits per heavy atom. The third-order valence-electron chi connectivity index (χ3n) is 6.22. The zero-order valence-electron chi connectivity index (χ0n) is 20.2. The summed E-state index contributed by atoms with van der Waals surface area (Å²) in [5.74, 6) is 1.67. The van der Waals surface area contributed by atoms with Crippen LogP contribution in [0.3, 0.4) is 0 Å². The standard InChI is InChI=1S/C25H30N8O2/c1-16(2)32-24(35)20-15-27-25(28-19-8-7-18-14-26-10-9-17(18)13-19)30-23(20)33(32)22-6-4-5-21(29-22)31(3)11-12-34/h4-8,13,15-16,26,34H,9-12,14H2,1-3H3,(H,27,28,30). The second kappa shape index (κ2) is 9.47. The Labute approximate surface area is 203 Å². The van der Waals surface area contributed by atoms with Crippen molar-refractivity contribution in [3.05, 3.63) is 64.1 Å². The lowest BCUT2D eigenvalue weighted by Crippen LogP contribution is -2.26. The lowest BCUT2D eigenvalue weighted by molar-refractivity contribution is 0.304. The molecule has 0 radical (unpaired) electrons. The molecule has 182 valence electrons. The molecule has 1 aliphatic heterocycles.